The van der Waals surface area contributed by atoms with E-state index in [0.717, 1.165) is 10.4 Å². The molecule has 140 valence electrons. The molecule has 2 fully saturated rings. The molecule has 1 spiro atoms. The minimum Gasteiger partial charge on any atom is -0.481 e. The number of nitrogens with zero attached hydrogens (tertiary/aromatic N) is 2. The zero-order chi connectivity index (χ0) is 18.9. The minimum absolute atomic E-state index is 0.0243. The number of aliphatic carboxylic acids is 1. The molecular weight excluding hydrogens is 356 g/mol. The Hall–Kier alpha value is -2.19. The minimum atomic E-state index is -0.945. The van der Waals surface area contributed by atoms with E-state index in [9.17, 15) is 19.5 Å². The summed E-state index contributed by atoms with van der Waals surface area (Å²) >= 11 is 1.46. The summed E-state index contributed by atoms with van der Waals surface area (Å²) in [5.74, 6) is -1.93. The first-order valence-corrected chi connectivity index (χ1v) is 9.40. The number of rotatable bonds is 4. The van der Waals surface area contributed by atoms with Crippen molar-refractivity contribution in [2.24, 2.45) is 5.92 Å². The maximum absolute atomic E-state index is 12.4. The third-order valence-corrected chi connectivity index (χ3v) is 6.50. The van der Waals surface area contributed by atoms with Gasteiger partial charge < -0.3 is 20.0 Å². The van der Waals surface area contributed by atoms with Gasteiger partial charge in [-0.15, -0.1) is 11.3 Å². The number of piperidine rings is 1. The van der Waals surface area contributed by atoms with E-state index in [1.807, 2.05) is 11.4 Å². The van der Waals surface area contributed by atoms with Crippen LogP contribution in [0.25, 0.3) is 6.08 Å². The Balaban J connectivity index is 1.65. The Kier molecular flexibility index (Phi) is 5.15. The maximum Gasteiger partial charge on any atom is 0.309 e. The third-order valence-electron chi connectivity index (χ3n) is 5.56. The summed E-state index contributed by atoms with van der Waals surface area (Å²) in [6.07, 6.45) is 4.20. The van der Waals surface area contributed by atoms with Gasteiger partial charge in [0.25, 0.3) is 0 Å². The maximum atomic E-state index is 12.4. The molecule has 0 aromatic carbocycles. The van der Waals surface area contributed by atoms with E-state index in [1.54, 1.807) is 22.9 Å². The van der Waals surface area contributed by atoms with Crippen LogP contribution in [0.5, 0.6) is 0 Å². The van der Waals surface area contributed by atoms with Gasteiger partial charge >= 0.3 is 5.97 Å². The van der Waals surface area contributed by atoms with Crippen molar-refractivity contribution >= 4 is 35.2 Å². The molecule has 2 saturated heterocycles. The fraction of sp³-hybridized carbons (Fsp3) is 0.500. The third kappa shape index (κ3) is 3.26. The van der Waals surface area contributed by atoms with Crippen LogP contribution in [0, 0.1) is 5.92 Å². The van der Waals surface area contributed by atoms with Crippen LogP contribution in [-0.2, 0) is 21.0 Å². The summed E-state index contributed by atoms with van der Waals surface area (Å²) < 4.78 is 0. The Morgan fingerprint density at radius 3 is 2.65 bits per heavy atom. The largest absolute Gasteiger partial charge is 0.481 e. The van der Waals surface area contributed by atoms with E-state index in [4.69, 9.17) is 5.11 Å². The van der Waals surface area contributed by atoms with E-state index < -0.39 is 17.4 Å². The Labute approximate surface area is 155 Å². The fourth-order valence-corrected chi connectivity index (χ4v) is 4.72. The van der Waals surface area contributed by atoms with Gasteiger partial charge in [-0.2, -0.15) is 0 Å². The van der Waals surface area contributed by atoms with E-state index in [2.05, 4.69) is 0 Å². The van der Waals surface area contributed by atoms with Gasteiger partial charge in [-0.1, -0.05) is 0 Å². The Morgan fingerprint density at radius 2 is 2.08 bits per heavy atom. The van der Waals surface area contributed by atoms with Gasteiger partial charge in [0.1, 0.15) is 0 Å². The molecule has 3 rings (SSSR count). The van der Waals surface area contributed by atoms with Crippen LogP contribution < -0.4 is 0 Å². The van der Waals surface area contributed by atoms with Crippen LogP contribution in [0.15, 0.2) is 17.5 Å². The first-order chi connectivity index (χ1) is 12.4. The molecule has 2 N–H and O–H groups in total. The van der Waals surface area contributed by atoms with Crippen molar-refractivity contribution < 1.29 is 24.6 Å². The number of aliphatic hydroxyl groups excluding tert-OH is 1. The second-order valence-corrected chi connectivity index (χ2v) is 7.77. The van der Waals surface area contributed by atoms with Crippen molar-refractivity contribution in [1.82, 2.24) is 9.80 Å². The summed E-state index contributed by atoms with van der Waals surface area (Å²) in [5, 5.41) is 20.4. The highest BCUT2D eigenvalue weighted by Gasteiger charge is 2.55. The van der Waals surface area contributed by atoms with Crippen molar-refractivity contribution in [2.45, 2.75) is 31.4 Å². The van der Waals surface area contributed by atoms with Crippen LogP contribution in [0.4, 0.5) is 0 Å². The number of likely N-dealkylation sites (tertiary alicyclic amines) is 2. The predicted octanol–water partition coefficient (Wildman–Crippen LogP) is 1.18. The van der Waals surface area contributed by atoms with Gasteiger partial charge in [0.2, 0.25) is 11.8 Å². The monoisotopic (exact) mass is 378 g/mol. The second-order valence-electron chi connectivity index (χ2n) is 6.83. The second kappa shape index (κ2) is 7.20. The van der Waals surface area contributed by atoms with Crippen molar-refractivity contribution in [2.75, 3.05) is 20.1 Å². The number of aliphatic hydroxyl groups is 1. The van der Waals surface area contributed by atoms with E-state index in [1.165, 1.54) is 17.4 Å². The summed E-state index contributed by atoms with van der Waals surface area (Å²) in [6.45, 7) is 0.831. The molecule has 0 radical (unpaired) electrons. The van der Waals surface area contributed by atoms with Gasteiger partial charge in [0.15, 0.2) is 0 Å². The Bertz CT molecular complexity index is 749. The first kappa shape index (κ1) is 18.6. The topological polar surface area (TPSA) is 98.2 Å². The summed E-state index contributed by atoms with van der Waals surface area (Å²) in [4.78, 5) is 40.2. The predicted molar refractivity (Wildman–Crippen MR) is 96.3 cm³/mol. The van der Waals surface area contributed by atoms with Gasteiger partial charge in [0, 0.05) is 37.5 Å². The average Bonchev–Trinajstić information content (AvgIpc) is 3.19. The lowest BCUT2D eigenvalue weighted by atomic mass is 9.77. The molecule has 1 atom stereocenters. The lowest BCUT2D eigenvalue weighted by Crippen LogP contribution is -2.56. The quantitative estimate of drug-likeness (QED) is 0.767. The first-order valence-electron chi connectivity index (χ1n) is 8.52. The SMILES string of the molecule is CN1C(=O)CC(C(=O)O)C12CCN(C(=O)C=Cc1cc(CO)cs1)CC2. The van der Waals surface area contributed by atoms with Crippen molar-refractivity contribution in [3.63, 3.8) is 0 Å². The molecule has 7 nitrogen and oxygen atoms in total. The number of carbonyl (C=O) groups excluding carboxylic acids is 2. The zero-order valence-corrected chi connectivity index (χ0v) is 15.4. The van der Waals surface area contributed by atoms with E-state index >= 15 is 0 Å². The summed E-state index contributed by atoms with van der Waals surface area (Å²) in [5.41, 5.74) is 0.128. The molecular formula is C18H22N2O5S. The highest BCUT2D eigenvalue weighted by Crippen LogP contribution is 2.42. The molecule has 0 saturated carbocycles. The molecule has 0 bridgehead atoms. The highest BCUT2D eigenvalue weighted by atomic mass is 32.1. The lowest BCUT2D eigenvalue weighted by Gasteiger charge is -2.45. The summed E-state index contributed by atoms with van der Waals surface area (Å²) in [6, 6.07) is 1.83. The smallest absolute Gasteiger partial charge is 0.309 e. The van der Waals surface area contributed by atoms with Gasteiger partial charge in [0.05, 0.1) is 18.1 Å². The summed E-state index contributed by atoms with van der Waals surface area (Å²) in [7, 11) is 1.66. The number of carbonyl (C=O) groups is 3. The van der Waals surface area contributed by atoms with Crippen molar-refractivity contribution in [1.29, 1.82) is 0 Å². The molecule has 1 aromatic heterocycles. The zero-order valence-electron chi connectivity index (χ0n) is 14.6. The number of hydrogen-bond acceptors (Lipinski definition) is 5. The van der Waals surface area contributed by atoms with E-state index in [-0.39, 0.29) is 24.8 Å². The highest BCUT2D eigenvalue weighted by molar-refractivity contribution is 7.11. The number of thiophene rings is 1. The molecule has 2 aliphatic heterocycles. The molecule has 8 heteroatoms. The van der Waals surface area contributed by atoms with Crippen LogP contribution in [0.3, 0.4) is 0 Å². The number of carboxylic acids is 1. The molecule has 26 heavy (non-hydrogen) atoms. The average molecular weight is 378 g/mol. The van der Waals surface area contributed by atoms with Gasteiger partial charge in [-0.3, -0.25) is 14.4 Å². The Morgan fingerprint density at radius 1 is 1.38 bits per heavy atom. The fourth-order valence-electron chi connectivity index (χ4n) is 3.92. The van der Waals surface area contributed by atoms with Crippen LogP contribution in [0.2, 0.25) is 0 Å². The molecule has 2 aliphatic rings. The standard InChI is InChI=1S/C18H22N2O5S/c1-19-16(23)9-14(17(24)25)18(19)4-6-20(7-5-18)15(22)3-2-13-8-12(10-21)11-26-13/h2-3,8,11,14,21H,4-7,9-10H2,1H3,(H,24,25). The molecule has 1 aromatic rings. The number of amides is 2. The number of carboxylic acid groups (broad SMARTS) is 1. The molecule has 1 unspecified atom stereocenters. The number of hydrogen-bond donors (Lipinski definition) is 2. The van der Waals surface area contributed by atoms with Crippen molar-refractivity contribution in [3.05, 3.63) is 28.0 Å². The molecule has 3 heterocycles. The van der Waals surface area contributed by atoms with Crippen LogP contribution in [-0.4, -0.2) is 63.5 Å². The molecule has 2 amide bonds. The van der Waals surface area contributed by atoms with Crippen LogP contribution >= 0.6 is 11.3 Å². The van der Waals surface area contributed by atoms with Gasteiger partial charge in [-0.05, 0) is 35.9 Å². The van der Waals surface area contributed by atoms with Crippen molar-refractivity contribution in [3.8, 4) is 0 Å². The normalized spacial score (nSPS) is 22.5. The van der Waals surface area contributed by atoms with Crippen LogP contribution in [0.1, 0.15) is 29.7 Å². The van der Waals surface area contributed by atoms with E-state index in [0.29, 0.717) is 25.9 Å². The van der Waals surface area contributed by atoms with Gasteiger partial charge in [-0.25, -0.2) is 0 Å². The molecule has 0 aliphatic carbocycles. The lowest BCUT2D eigenvalue weighted by molar-refractivity contribution is -0.146.